The molecule has 1 heterocycles. The van der Waals surface area contributed by atoms with Crippen LogP contribution in [0.5, 0.6) is 0 Å². The molecular weight excluding hydrogens is 405 g/mol. The minimum atomic E-state index is -3.90. The Kier molecular flexibility index (Phi) is 7.03. The zero-order chi connectivity index (χ0) is 19.6. The van der Waals surface area contributed by atoms with E-state index in [0.29, 0.717) is 24.2 Å². The lowest BCUT2D eigenvalue weighted by atomic mass is 10.0. The Hall–Kier alpha value is -2.16. The molecule has 3 N–H and O–H groups in total. The number of piperidine rings is 1. The Balaban J connectivity index is 0.00000280. The summed E-state index contributed by atoms with van der Waals surface area (Å²) in [5.74, 6) is -0.652. The Labute approximate surface area is 170 Å². The highest BCUT2D eigenvalue weighted by molar-refractivity contribution is 7.92. The third kappa shape index (κ3) is 5.01. The van der Waals surface area contributed by atoms with Crippen LogP contribution in [0.4, 0.5) is 10.1 Å². The van der Waals surface area contributed by atoms with Crippen molar-refractivity contribution in [3.63, 3.8) is 0 Å². The summed E-state index contributed by atoms with van der Waals surface area (Å²) in [5, 5.41) is 0. The summed E-state index contributed by atoms with van der Waals surface area (Å²) in [6.45, 7) is 2.89. The first-order chi connectivity index (χ1) is 12.8. The number of carbonyl (C=O) groups is 1. The minimum absolute atomic E-state index is 0. The van der Waals surface area contributed by atoms with Crippen molar-refractivity contribution in [2.24, 2.45) is 5.73 Å². The molecule has 0 aromatic heterocycles. The van der Waals surface area contributed by atoms with Crippen molar-refractivity contribution >= 4 is 34.0 Å². The Morgan fingerprint density at radius 2 is 1.75 bits per heavy atom. The van der Waals surface area contributed by atoms with Gasteiger partial charge in [0.25, 0.3) is 15.9 Å². The van der Waals surface area contributed by atoms with Crippen LogP contribution in [0, 0.1) is 12.7 Å². The highest BCUT2D eigenvalue weighted by Crippen LogP contribution is 2.22. The van der Waals surface area contributed by atoms with Gasteiger partial charge in [-0.3, -0.25) is 9.52 Å². The SMILES string of the molecule is Cc1ccc(S(=O)(=O)Nc2ccc(F)cc2)cc1C(=O)N1CCC(N)CC1.Cl. The van der Waals surface area contributed by atoms with Gasteiger partial charge in [0.2, 0.25) is 0 Å². The molecule has 0 atom stereocenters. The van der Waals surface area contributed by atoms with Crippen LogP contribution < -0.4 is 10.5 Å². The first-order valence-corrected chi connectivity index (χ1v) is 10.2. The number of hydrogen-bond acceptors (Lipinski definition) is 4. The lowest BCUT2D eigenvalue weighted by molar-refractivity contribution is 0.0713. The zero-order valence-electron chi connectivity index (χ0n) is 15.4. The number of likely N-dealkylation sites (tertiary alicyclic amines) is 1. The maximum Gasteiger partial charge on any atom is 0.261 e. The summed E-state index contributed by atoms with van der Waals surface area (Å²) in [6.07, 6.45) is 1.46. The largest absolute Gasteiger partial charge is 0.339 e. The maximum absolute atomic E-state index is 13.0. The van der Waals surface area contributed by atoms with Crippen LogP contribution in [-0.4, -0.2) is 38.4 Å². The normalized spacial score (nSPS) is 15.0. The van der Waals surface area contributed by atoms with Gasteiger partial charge >= 0.3 is 0 Å². The molecule has 1 aliphatic heterocycles. The quantitative estimate of drug-likeness (QED) is 0.784. The topological polar surface area (TPSA) is 92.5 Å². The van der Waals surface area contributed by atoms with Crippen molar-refractivity contribution in [3.05, 3.63) is 59.4 Å². The standard InChI is InChI=1S/C19H22FN3O3S.ClH/c1-13-2-7-17(27(25,26)22-16-5-3-14(20)4-6-16)12-18(13)19(24)23-10-8-15(21)9-11-23;/h2-7,12,15,22H,8-11,21H2,1H3;1H. The van der Waals surface area contributed by atoms with Gasteiger partial charge in [-0.05, 0) is 61.7 Å². The van der Waals surface area contributed by atoms with Crippen molar-refractivity contribution in [1.82, 2.24) is 4.90 Å². The third-order valence-electron chi connectivity index (χ3n) is 4.67. The fraction of sp³-hybridized carbons (Fsp3) is 0.316. The van der Waals surface area contributed by atoms with Crippen LogP contribution >= 0.6 is 12.4 Å². The average molecular weight is 428 g/mol. The maximum atomic E-state index is 13.0. The summed E-state index contributed by atoms with van der Waals surface area (Å²) < 4.78 is 40.7. The number of aryl methyl sites for hydroxylation is 1. The fourth-order valence-corrected chi connectivity index (χ4v) is 4.09. The van der Waals surface area contributed by atoms with Gasteiger partial charge in [-0.1, -0.05) is 6.07 Å². The average Bonchev–Trinajstić information content (AvgIpc) is 2.64. The number of carbonyl (C=O) groups excluding carboxylic acids is 1. The summed E-state index contributed by atoms with van der Waals surface area (Å²) in [5.41, 5.74) is 7.18. The molecule has 0 spiro atoms. The molecule has 0 aliphatic carbocycles. The van der Waals surface area contributed by atoms with Gasteiger partial charge in [0, 0.05) is 30.4 Å². The van der Waals surface area contributed by atoms with E-state index in [1.54, 1.807) is 17.9 Å². The number of benzene rings is 2. The molecule has 0 radical (unpaired) electrons. The molecule has 0 saturated carbocycles. The zero-order valence-corrected chi connectivity index (χ0v) is 17.0. The molecule has 1 amide bonds. The molecule has 3 rings (SSSR count). The molecule has 1 saturated heterocycles. The van der Waals surface area contributed by atoms with E-state index >= 15 is 0 Å². The van der Waals surface area contributed by atoms with E-state index < -0.39 is 15.8 Å². The van der Waals surface area contributed by atoms with Gasteiger partial charge in [0.15, 0.2) is 0 Å². The van der Waals surface area contributed by atoms with Gasteiger partial charge < -0.3 is 10.6 Å². The fourth-order valence-electron chi connectivity index (χ4n) is 3.00. The number of nitrogens with two attached hydrogens (primary N) is 1. The highest BCUT2D eigenvalue weighted by atomic mass is 35.5. The first-order valence-electron chi connectivity index (χ1n) is 8.70. The van der Waals surface area contributed by atoms with Crippen molar-refractivity contribution < 1.29 is 17.6 Å². The van der Waals surface area contributed by atoms with E-state index in [9.17, 15) is 17.6 Å². The second-order valence-electron chi connectivity index (χ2n) is 6.72. The molecule has 1 aliphatic rings. The van der Waals surface area contributed by atoms with Crippen LogP contribution in [0.15, 0.2) is 47.4 Å². The number of anilines is 1. The van der Waals surface area contributed by atoms with Gasteiger partial charge in [0.1, 0.15) is 5.82 Å². The van der Waals surface area contributed by atoms with Gasteiger partial charge in [-0.15, -0.1) is 12.4 Å². The lowest BCUT2D eigenvalue weighted by Crippen LogP contribution is -2.43. The molecule has 152 valence electrons. The van der Waals surface area contributed by atoms with E-state index in [0.717, 1.165) is 12.8 Å². The van der Waals surface area contributed by atoms with Crippen molar-refractivity contribution in [1.29, 1.82) is 0 Å². The highest BCUT2D eigenvalue weighted by Gasteiger charge is 2.24. The lowest BCUT2D eigenvalue weighted by Gasteiger charge is -2.30. The molecule has 9 heteroatoms. The minimum Gasteiger partial charge on any atom is -0.339 e. The number of halogens is 2. The second-order valence-corrected chi connectivity index (χ2v) is 8.40. The molecule has 0 unspecified atom stereocenters. The van der Waals surface area contributed by atoms with Crippen LogP contribution in [-0.2, 0) is 10.0 Å². The predicted octanol–water partition coefficient (Wildman–Crippen LogP) is 2.92. The molecule has 0 bridgehead atoms. The van der Waals surface area contributed by atoms with E-state index in [1.165, 1.54) is 36.4 Å². The van der Waals surface area contributed by atoms with Crippen LogP contribution in [0.3, 0.4) is 0 Å². The van der Waals surface area contributed by atoms with E-state index in [1.807, 2.05) is 0 Å². The molecular formula is C19H23ClFN3O3S. The molecule has 2 aromatic carbocycles. The summed E-state index contributed by atoms with van der Waals surface area (Å²) >= 11 is 0. The Morgan fingerprint density at radius 1 is 1.14 bits per heavy atom. The van der Waals surface area contributed by atoms with Crippen molar-refractivity contribution in [3.8, 4) is 0 Å². The smallest absolute Gasteiger partial charge is 0.261 e. The second kappa shape index (κ2) is 8.89. The van der Waals surface area contributed by atoms with Crippen molar-refractivity contribution in [2.45, 2.75) is 30.7 Å². The van der Waals surface area contributed by atoms with Crippen molar-refractivity contribution in [2.75, 3.05) is 17.8 Å². The van der Waals surface area contributed by atoms with Crippen LogP contribution in [0.25, 0.3) is 0 Å². The monoisotopic (exact) mass is 427 g/mol. The Bertz CT molecular complexity index is 943. The number of rotatable bonds is 4. The van der Waals surface area contributed by atoms with Crippen LogP contribution in [0.2, 0.25) is 0 Å². The molecule has 1 fully saturated rings. The van der Waals surface area contributed by atoms with Crippen LogP contribution in [0.1, 0.15) is 28.8 Å². The number of nitrogens with zero attached hydrogens (tertiary/aromatic N) is 1. The first kappa shape index (κ1) is 22.1. The Morgan fingerprint density at radius 3 is 2.36 bits per heavy atom. The molecule has 6 nitrogen and oxygen atoms in total. The molecule has 2 aromatic rings. The van der Waals surface area contributed by atoms with Gasteiger partial charge in [0.05, 0.1) is 4.90 Å². The number of nitrogens with one attached hydrogen (secondary N) is 1. The number of hydrogen-bond donors (Lipinski definition) is 2. The number of sulfonamides is 1. The third-order valence-corrected chi connectivity index (χ3v) is 6.05. The van der Waals surface area contributed by atoms with E-state index in [4.69, 9.17) is 5.73 Å². The predicted molar refractivity (Wildman–Crippen MR) is 109 cm³/mol. The summed E-state index contributed by atoms with van der Waals surface area (Å²) in [7, 11) is -3.90. The number of amides is 1. The summed E-state index contributed by atoms with van der Waals surface area (Å²) in [4.78, 5) is 14.5. The van der Waals surface area contributed by atoms with Gasteiger partial charge in [-0.25, -0.2) is 12.8 Å². The van der Waals surface area contributed by atoms with E-state index in [2.05, 4.69) is 4.72 Å². The van der Waals surface area contributed by atoms with E-state index in [-0.39, 0.29) is 34.9 Å². The van der Waals surface area contributed by atoms with Gasteiger partial charge in [-0.2, -0.15) is 0 Å². The molecule has 28 heavy (non-hydrogen) atoms. The summed E-state index contributed by atoms with van der Waals surface area (Å²) in [6, 6.07) is 9.56.